The molecule has 0 atom stereocenters. The molecule has 86 valence electrons. The van der Waals surface area contributed by atoms with Gasteiger partial charge in [-0.15, -0.1) is 0 Å². The number of nitrogens with one attached hydrogen (secondary N) is 1. The van der Waals surface area contributed by atoms with Crippen LogP contribution in [0.25, 0.3) is 0 Å². The third kappa shape index (κ3) is 2.33. The summed E-state index contributed by atoms with van der Waals surface area (Å²) in [4.78, 5) is 12.1. The van der Waals surface area contributed by atoms with Crippen molar-refractivity contribution in [1.29, 1.82) is 0 Å². The molecule has 3 nitrogen and oxygen atoms in total. The molecule has 0 aromatic carbocycles. The average Bonchev–Trinajstić information content (AvgIpc) is 2.43. The Balaban J connectivity index is 3.30. The van der Waals surface area contributed by atoms with E-state index in [2.05, 4.69) is 39.7 Å². The first-order chi connectivity index (χ1) is 6.91. The van der Waals surface area contributed by atoms with Gasteiger partial charge in [-0.25, -0.2) is 0 Å². The second kappa shape index (κ2) is 4.25. The highest BCUT2D eigenvalue weighted by Crippen LogP contribution is 2.22. The maximum atomic E-state index is 12.1. The minimum atomic E-state index is -0.0715. The zero-order valence-electron chi connectivity index (χ0n) is 10.5. The van der Waals surface area contributed by atoms with Crippen molar-refractivity contribution in [2.24, 2.45) is 0 Å². The van der Waals surface area contributed by atoms with E-state index in [1.807, 2.05) is 0 Å². The van der Waals surface area contributed by atoms with E-state index in [1.165, 1.54) is 0 Å². The molecule has 0 aliphatic heterocycles. The maximum absolute atomic E-state index is 12.1. The zero-order valence-corrected chi connectivity index (χ0v) is 10.5. The van der Waals surface area contributed by atoms with Gasteiger partial charge in [0, 0.05) is 17.8 Å². The Morgan fingerprint density at radius 1 is 1.27 bits per heavy atom. The third-order valence-electron chi connectivity index (χ3n) is 2.58. The number of H-pyrrole nitrogens is 1. The first-order valence-electron chi connectivity index (χ1n) is 5.74. The van der Waals surface area contributed by atoms with Crippen LogP contribution in [0.15, 0.2) is 4.79 Å². The molecule has 1 N–H and O–H groups in total. The molecule has 1 aromatic heterocycles. The fraction of sp³-hybridized carbons (Fsp3) is 0.750. The van der Waals surface area contributed by atoms with Crippen molar-refractivity contribution in [3.05, 3.63) is 21.6 Å². The van der Waals surface area contributed by atoms with Gasteiger partial charge in [0.15, 0.2) is 0 Å². The summed E-state index contributed by atoms with van der Waals surface area (Å²) in [6.45, 7) is 11.2. The van der Waals surface area contributed by atoms with Crippen LogP contribution < -0.4 is 5.56 Å². The van der Waals surface area contributed by atoms with E-state index in [1.54, 1.807) is 4.68 Å². The third-order valence-corrected chi connectivity index (χ3v) is 2.58. The molecule has 1 aromatic rings. The van der Waals surface area contributed by atoms with Crippen LogP contribution in [-0.2, 0) is 18.4 Å². The average molecular weight is 210 g/mol. The first-order valence-corrected chi connectivity index (χ1v) is 5.74. The first kappa shape index (κ1) is 12.1. The second-order valence-electron chi connectivity index (χ2n) is 5.03. The van der Waals surface area contributed by atoms with Crippen LogP contribution in [0.2, 0.25) is 0 Å². The second-order valence-corrected chi connectivity index (χ2v) is 5.03. The van der Waals surface area contributed by atoms with Crippen molar-refractivity contribution in [1.82, 2.24) is 9.78 Å². The van der Waals surface area contributed by atoms with Crippen LogP contribution in [0.4, 0.5) is 0 Å². The van der Waals surface area contributed by atoms with E-state index in [0.29, 0.717) is 0 Å². The summed E-state index contributed by atoms with van der Waals surface area (Å²) < 4.78 is 1.74. The van der Waals surface area contributed by atoms with E-state index in [0.717, 1.165) is 30.6 Å². The lowest BCUT2D eigenvalue weighted by Gasteiger charge is -2.16. The number of aryl methyl sites for hydroxylation is 2. The van der Waals surface area contributed by atoms with Crippen molar-refractivity contribution in [3.8, 4) is 0 Å². The Bertz CT molecular complexity index is 379. The molecular formula is C12H22N2O. The van der Waals surface area contributed by atoms with Gasteiger partial charge in [-0.3, -0.25) is 14.6 Å². The lowest BCUT2D eigenvalue weighted by Crippen LogP contribution is -2.26. The lowest BCUT2D eigenvalue weighted by molar-refractivity contribution is 0.561. The Kier molecular flexibility index (Phi) is 3.42. The molecule has 0 spiro atoms. The van der Waals surface area contributed by atoms with E-state index in [4.69, 9.17) is 0 Å². The topological polar surface area (TPSA) is 37.8 Å². The zero-order chi connectivity index (χ0) is 11.6. The monoisotopic (exact) mass is 210 g/mol. The molecule has 1 heterocycles. The standard InChI is InChI=1S/C12H22N2O/c1-6-8-14-11(15)10(12(3,4)5)9(7-2)13-14/h13H,6-8H2,1-5H3. The Morgan fingerprint density at radius 3 is 2.20 bits per heavy atom. The predicted octanol–water partition coefficient (Wildman–Crippen LogP) is 2.45. The van der Waals surface area contributed by atoms with Gasteiger partial charge < -0.3 is 0 Å². The molecular weight excluding hydrogens is 188 g/mol. The molecule has 0 aliphatic rings. The highest BCUT2D eigenvalue weighted by Gasteiger charge is 2.24. The van der Waals surface area contributed by atoms with E-state index < -0.39 is 0 Å². The molecule has 0 fully saturated rings. The van der Waals surface area contributed by atoms with Gasteiger partial charge in [0.2, 0.25) is 0 Å². The molecule has 0 aliphatic carbocycles. The fourth-order valence-corrected chi connectivity index (χ4v) is 1.94. The summed E-state index contributed by atoms with van der Waals surface area (Å²) in [7, 11) is 0. The predicted molar refractivity (Wildman–Crippen MR) is 63.4 cm³/mol. The van der Waals surface area contributed by atoms with Gasteiger partial charge in [-0.05, 0) is 18.3 Å². The highest BCUT2D eigenvalue weighted by atomic mass is 16.1. The molecule has 0 unspecified atom stereocenters. The molecule has 0 radical (unpaired) electrons. The normalized spacial score (nSPS) is 12.1. The van der Waals surface area contributed by atoms with Crippen molar-refractivity contribution in [2.45, 2.75) is 59.4 Å². The number of aromatic nitrogens is 2. The van der Waals surface area contributed by atoms with Crippen molar-refractivity contribution >= 4 is 0 Å². The van der Waals surface area contributed by atoms with Gasteiger partial charge in [0.05, 0.1) is 0 Å². The minimum absolute atomic E-state index is 0.0715. The van der Waals surface area contributed by atoms with E-state index >= 15 is 0 Å². The molecule has 0 amide bonds. The van der Waals surface area contributed by atoms with Gasteiger partial charge >= 0.3 is 0 Å². The van der Waals surface area contributed by atoms with Crippen LogP contribution in [0.3, 0.4) is 0 Å². The molecule has 0 saturated heterocycles. The molecule has 1 rings (SSSR count). The summed E-state index contributed by atoms with van der Waals surface area (Å²) in [5, 5.41) is 3.21. The fourth-order valence-electron chi connectivity index (χ4n) is 1.94. The van der Waals surface area contributed by atoms with E-state index in [-0.39, 0.29) is 11.0 Å². The number of rotatable bonds is 3. The smallest absolute Gasteiger partial charge is 0.270 e. The van der Waals surface area contributed by atoms with Crippen LogP contribution in [0.1, 0.15) is 52.3 Å². The number of hydrogen-bond donors (Lipinski definition) is 1. The minimum Gasteiger partial charge on any atom is -0.299 e. The number of aromatic amines is 1. The molecule has 0 bridgehead atoms. The van der Waals surface area contributed by atoms with Crippen LogP contribution in [0.5, 0.6) is 0 Å². The summed E-state index contributed by atoms with van der Waals surface area (Å²) in [5.74, 6) is 0. The summed E-state index contributed by atoms with van der Waals surface area (Å²) in [5.41, 5.74) is 2.11. The van der Waals surface area contributed by atoms with Gasteiger partial charge in [-0.2, -0.15) is 0 Å². The molecule has 0 saturated carbocycles. The largest absolute Gasteiger partial charge is 0.299 e. The highest BCUT2D eigenvalue weighted by molar-refractivity contribution is 5.25. The SMILES string of the molecule is CCCn1[nH]c(CC)c(C(C)(C)C)c1=O. The molecule has 15 heavy (non-hydrogen) atoms. The number of nitrogens with zero attached hydrogens (tertiary/aromatic N) is 1. The summed E-state index contributed by atoms with van der Waals surface area (Å²) in [6, 6.07) is 0. The van der Waals surface area contributed by atoms with Gasteiger partial charge in [-0.1, -0.05) is 34.6 Å². The lowest BCUT2D eigenvalue weighted by atomic mass is 9.86. The van der Waals surface area contributed by atoms with Gasteiger partial charge in [0.1, 0.15) is 0 Å². The number of hydrogen-bond acceptors (Lipinski definition) is 1. The maximum Gasteiger partial charge on any atom is 0.270 e. The summed E-state index contributed by atoms with van der Waals surface area (Å²) in [6.07, 6.45) is 1.87. The Labute approximate surface area is 91.5 Å². The quantitative estimate of drug-likeness (QED) is 0.817. The molecule has 3 heteroatoms. The van der Waals surface area contributed by atoms with Crippen molar-refractivity contribution < 1.29 is 0 Å². The van der Waals surface area contributed by atoms with Crippen molar-refractivity contribution in [3.63, 3.8) is 0 Å². The van der Waals surface area contributed by atoms with Crippen LogP contribution in [-0.4, -0.2) is 9.78 Å². The van der Waals surface area contributed by atoms with Crippen LogP contribution >= 0.6 is 0 Å². The summed E-state index contributed by atoms with van der Waals surface area (Å²) >= 11 is 0. The van der Waals surface area contributed by atoms with Crippen LogP contribution in [0, 0.1) is 0 Å². The van der Waals surface area contributed by atoms with Crippen molar-refractivity contribution in [2.75, 3.05) is 0 Å². The van der Waals surface area contributed by atoms with Gasteiger partial charge in [0.25, 0.3) is 5.56 Å². The Hall–Kier alpha value is -0.990. The van der Waals surface area contributed by atoms with E-state index in [9.17, 15) is 4.79 Å². The Morgan fingerprint density at radius 2 is 1.87 bits per heavy atom.